The Kier molecular flexibility index (Phi) is 7.85. The van der Waals surface area contributed by atoms with Crippen LogP contribution in [0.3, 0.4) is 0 Å². The number of halogens is 2. The lowest BCUT2D eigenvalue weighted by Gasteiger charge is -2.37. The van der Waals surface area contributed by atoms with E-state index in [1.165, 1.54) is 0 Å². The van der Waals surface area contributed by atoms with Crippen molar-refractivity contribution in [2.75, 3.05) is 44.2 Å². The van der Waals surface area contributed by atoms with Crippen LogP contribution < -0.4 is 10.2 Å². The second kappa shape index (κ2) is 9.12. The normalized spacial score (nSPS) is 21.5. The molecule has 3 rings (SSSR count). The summed E-state index contributed by atoms with van der Waals surface area (Å²) < 4.78 is 0. The van der Waals surface area contributed by atoms with Gasteiger partial charge in [0.1, 0.15) is 0 Å². The number of hydrogen-bond donors (Lipinski definition) is 1. The molecule has 2 fully saturated rings. The van der Waals surface area contributed by atoms with E-state index in [-0.39, 0.29) is 30.7 Å². The molecule has 1 unspecified atom stereocenters. The molecule has 2 saturated heterocycles. The lowest BCUT2D eigenvalue weighted by molar-refractivity contribution is -0.136. The minimum absolute atomic E-state index is 0. The number of carbonyl (C=O) groups is 1. The molecule has 6 nitrogen and oxygen atoms in total. The van der Waals surface area contributed by atoms with E-state index in [1.54, 1.807) is 12.4 Å². The molecule has 1 amide bonds. The molecule has 0 bridgehead atoms. The molecule has 2 aliphatic heterocycles. The molecule has 124 valence electrons. The van der Waals surface area contributed by atoms with Crippen LogP contribution in [0, 0.1) is 5.92 Å². The first-order valence-electron chi connectivity index (χ1n) is 7.36. The number of carbonyl (C=O) groups excluding carboxylic acids is 1. The first-order valence-corrected chi connectivity index (χ1v) is 7.36. The largest absolute Gasteiger partial charge is 0.339 e. The van der Waals surface area contributed by atoms with Crippen LogP contribution in [-0.4, -0.2) is 60.0 Å². The number of hydrogen-bond acceptors (Lipinski definition) is 5. The fraction of sp³-hybridized carbons (Fsp3) is 0.643. The Labute approximate surface area is 143 Å². The average molecular weight is 348 g/mol. The molecule has 1 N–H and O–H groups in total. The number of anilines is 1. The van der Waals surface area contributed by atoms with Crippen LogP contribution in [0.1, 0.15) is 12.8 Å². The van der Waals surface area contributed by atoms with Crippen molar-refractivity contribution in [3.63, 3.8) is 0 Å². The Morgan fingerprint density at radius 2 is 1.82 bits per heavy atom. The quantitative estimate of drug-likeness (QED) is 0.863. The van der Waals surface area contributed by atoms with Crippen molar-refractivity contribution in [1.82, 2.24) is 20.2 Å². The first kappa shape index (κ1) is 18.9. The van der Waals surface area contributed by atoms with Gasteiger partial charge < -0.3 is 15.1 Å². The molecule has 1 aromatic heterocycles. The van der Waals surface area contributed by atoms with Gasteiger partial charge >= 0.3 is 0 Å². The summed E-state index contributed by atoms with van der Waals surface area (Å²) in [6.45, 7) is 5.05. The topological polar surface area (TPSA) is 61.4 Å². The summed E-state index contributed by atoms with van der Waals surface area (Å²) in [5.74, 6) is 1.24. The van der Waals surface area contributed by atoms with Crippen LogP contribution in [0.15, 0.2) is 18.5 Å². The van der Waals surface area contributed by atoms with Crippen LogP contribution in [0.4, 0.5) is 5.95 Å². The zero-order valence-corrected chi connectivity index (χ0v) is 14.1. The predicted molar refractivity (Wildman–Crippen MR) is 90.9 cm³/mol. The van der Waals surface area contributed by atoms with Crippen LogP contribution in [-0.2, 0) is 4.79 Å². The zero-order chi connectivity index (χ0) is 13.8. The molecule has 0 radical (unpaired) electrons. The fourth-order valence-electron chi connectivity index (χ4n) is 2.90. The minimum Gasteiger partial charge on any atom is -0.339 e. The van der Waals surface area contributed by atoms with Crippen molar-refractivity contribution >= 4 is 36.7 Å². The molecule has 2 aliphatic rings. The molecule has 0 aromatic carbocycles. The third-order valence-electron chi connectivity index (χ3n) is 4.07. The van der Waals surface area contributed by atoms with Gasteiger partial charge in [-0.3, -0.25) is 4.79 Å². The molecule has 1 aromatic rings. The molecule has 3 heterocycles. The second-order valence-corrected chi connectivity index (χ2v) is 5.40. The molecule has 22 heavy (non-hydrogen) atoms. The van der Waals surface area contributed by atoms with Gasteiger partial charge in [0.05, 0.1) is 5.92 Å². The Morgan fingerprint density at radius 3 is 2.41 bits per heavy atom. The van der Waals surface area contributed by atoms with E-state index >= 15 is 0 Å². The molecular formula is C14H23Cl2N5O. The maximum absolute atomic E-state index is 12.4. The maximum Gasteiger partial charge on any atom is 0.227 e. The van der Waals surface area contributed by atoms with E-state index < -0.39 is 0 Å². The summed E-state index contributed by atoms with van der Waals surface area (Å²) in [4.78, 5) is 25.1. The van der Waals surface area contributed by atoms with Crippen molar-refractivity contribution in [3.8, 4) is 0 Å². The highest BCUT2D eigenvalue weighted by Crippen LogP contribution is 2.16. The van der Waals surface area contributed by atoms with Gasteiger partial charge in [0, 0.05) is 45.1 Å². The van der Waals surface area contributed by atoms with Gasteiger partial charge in [-0.15, -0.1) is 24.8 Å². The van der Waals surface area contributed by atoms with Crippen molar-refractivity contribution in [1.29, 1.82) is 0 Å². The Hall–Kier alpha value is -1.11. The smallest absolute Gasteiger partial charge is 0.227 e. The monoisotopic (exact) mass is 347 g/mol. The second-order valence-electron chi connectivity index (χ2n) is 5.40. The molecule has 8 heteroatoms. The van der Waals surface area contributed by atoms with Gasteiger partial charge in [0.2, 0.25) is 11.9 Å². The van der Waals surface area contributed by atoms with E-state index in [2.05, 4.69) is 20.2 Å². The highest BCUT2D eigenvalue weighted by atomic mass is 35.5. The van der Waals surface area contributed by atoms with Gasteiger partial charge in [-0.1, -0.05) is 0 Å². The number of piperazine rings is 1. The molecule has 0 saturated carbocycles. The van der Waals surface area contributed by atoms with Gasteiger partial charge in [0.15, 0.2) is 0 Å². The van der Waals surface area contributed by atoms with Crippen LogP contribution in [0.25, 0.3) is 0 Å². The lowest BCUT2D eigenvalue weighted by atomic mass is 9.98. The number of rotatable bonds is 2. The number of piperidine rings is 1. The number of nitrogens with zero attached hydrogens (tertiary/aromatic N) is 4. The van der Waals surface area contributed by atoms with Gasteiger partial charge in [-0.25, -0.2) is 9.97 Å². The molecular weight excluding hydrogens is 325 g/mol. The van der Waals surface area contributed by atoms with Gasteiger partial charge in [0.25, 0.3) is 0 Å². The third-order valence-corrected chi connectivity index (χ3v) is 4.07. The number of nitrogens with one attached hydrogen (secondary N) is 1. The summed E-state index contributed by atoms with van der Waals surface area (Å²) in [7, 11) is 0. The maximum atomic E-state index is 12.4. The highest BCUT2D eigenvalue weighted by molar-refractivity contribution is 5.85. The number of amides is 1. The molecule has 0 spiro atoms. The predicted octanol–water partition coefficient (Wildman–Crippen LogP) is 0.968. The summed E-state index contributed by atoms with van der Waals surface area (Å²) in [6.07, 6.45) is 5.64. The van der Waals surface area contributed by atoms with E-state index in [4.69, 9.17) is 0 Å². The summed E-state index contributed by atoms with van der Waals surface area (Å²) in [5.41, 5.74) is 0. The summed E-state index contributed by atoms with van der Waals surface area (Å²) >= 11 is 0. The average Bonchev–Trinajstić information content (AvgIpc) is 2.56. The Morgan fingerprint density at radius 1 is 1.14 bits per heavy atom. The molecule has 1 atom stereocenters. The summed E-state index contributed by atoms with van der Waals surface area (Å²) in [6, 6.07) is 1.82. The highest BCUT2D eigenvalue weighted by Gasteiger charge is 2.28. The van der Waals surface area contributed by atoms with E-state index in [0.29, 0.717) is 5.91 Å². The van der Waals surface area contributed by atoms with E-state index in [0.717, 1.165) is 58.1 Å². The van der Waals surface area contributed by atoms with Crippen LogP contribution in [0.5, 0.6) is 0 Å². The van der Waals surface area contributed by atoms with Gasteiger partial charge in [-0.05, 0) is 25.5 Å². The van der Waals surface area contributed by atoms with E-state index in [9.17, 15) is 4.79 Å². The first-order chi connectivity index (χ1) is 9.84. The Bertz CT molecular complexity index is 448. The number of aromatic nitrogens is 2. The molecule has 0 aliphatic carbocycles. The van der Waals surface area contributed by atoms with Crippen molar-refractivity contribution < 1.29 is 4.79 Å². The third kappa shape index (κ3) is 4.44. The summed E-state index contributed by atoms with van der Waals surface area (Å²) in [5, 5.41) is 3.31. The van der Waals surface area contributed by atoms with Crippen LogP contribution >= 0.6 is 24.8 Å². The lowest BCUT2D eigenvalue weighted by Crippen LogP contribution is -2.52. The van der Waals surface area contributed by atoms with Crippen molar-refractivity contribution in [3.05, 3.63) is 18.5 Å². The minimum atomic E-state index is 0. The SMILES string of the molecule is Cl.Cl.O=C(C1CCCNC1)N1CCN(c2ncccn2)CC1. The zero-order valence-electron chi connectivity index (χ0n) is 12.5. The van der Waals surface area contributed by atoms with Crippen LogP contribution in [0.2, 0.25) is 0 Å². The van der Waals surface area contributed by atoms with Gasteiger partial charge in [-0.2, -0.15) is 0 Å². The fourth-order valence-corrected chi connectivity index (χ4v) is 2.90. The van der Waals surface area contributed by atoms with E-state index in [1.807, 2.05) is 11.0 Å². The standard InChI is InChI=1S/C14H21N5O.2ClH/c20-13(12-3-1-4-15-11-12)18-7-9-19(10-8-18)14-16-5-2-6-17-14;;/h2,5-6,12,15H,1,3-4,7-11H2;2*1H. The Balaban J connectivity index is 0.00000121. The van der Waals surface area contributed by atoms with Crippen molar-refractivity contribution in [2.45, 2.75) is 12.8 Å². The van der Waals surface area contributed by atoms with Crippen molar-refractivity contribution in [2.24, 2.45) is 5.92 Å².